The summed E-state index contributed by atoms with van der Waals surface area (Å²) in [5.41, 5.74) is 1.05. The van der Waals surface area contributed by atoms with Crippen molar-refractivity contribution in [2.75, 3.05) is 37.4 Å². The number of hydrogen-bond acceptors (Lipinski definition) is 5. The van der Waals surface area contributed by atoms with Crippen LogP contribution in [0.15, 0.2) is 46.0 Å². The Morgan fingerprint density at radius 3 is 2.45 bits per heavy atom. The molecule has 168 valence electrons. The minimum Gasteiger partial charge on any atom is -0.337 e. The average Bonchev–Trinajstić information content (AvgIpc) is 3.23. The number of amides is 1. The van der Waals surface area contributed by atoms with Gasteiger partial charge in [0, 0.05) is 37.4 Å². The van der Waals surface area contributed by atoms with Crippen molar-refractivity contribution in [2.24, 2.45) is 5.92 Å². The fourth-order valence-corrected chi connectivity index (χ4v) is 6.63. The third kappa shape index (κ3) is 5.87. The van der Waals surface area contributed by atoms with Crippen molar-refractivity contribution in [3.8, 4) is 0 Å². The lowest BCUT2D eigenvalue weighted by Crippen LogP contribution is -2.36. The van der Waals surface area contributed by atoms with Gasteiger partial charge in [0.05, 0.1) is 0 Å². The maximum atomic E-state index is 13.0. The first kappa shape index (κ1) is 22.3. The number of carbonyl (C=O) groups is 1. The summed E-state index contributed by atoms with van der Waals surface area (Å²) in [7, 11) is -3.58. The second-order valence-corrected chi connectivity index (χ2v) is 11.4. The predicted molar refractivity (Wildman–Crippen MR) is 125 cm³/mol. The molecule has 1 N–H and O–H groups in total. The molecule has 6 nitrogen and oxygen atoms in total. The molecule has 1 saturated carbocycles. The van der Waals surface area contributed by atoms with Crippen LogP contribution in [0, 0.1) is 5.92 Å². The summed E-state index contributed by atoms with van der Waals surface area (Å²) in [5.74, 6) is 0.841. The maximum absolute atomic E-state index is 13.0. The van der Waals surface area contributed by atoms with Crippen molar-refractivity contribution in [2.45, 2.75) is 42.7 Å². The molecular weight excluding hydrogens is 430 g/mol. The summed E-state index contributed by atoms with van der Waals surface area (Å²) in [6.07, 6.45) is 7.80. The first-order chi connectivity index (χ1) is 15.0. The van der Waals surface area contributed by atoms with Crippen LogP contribution < -0.4 is 4.72 Å². The molecule has 0 radical (unpaired) electrons. The Balaban J connectivity index is 1.32. The second-order valence-electron chi connectivity index (χ2n) is 8.57. The summed E-state index contributed by atoms with van der Waals surface area (Å²) in [4.78, 5) is 17.5. The lowest BCUT2D eigenvalue weighted by Gasteiger charge is -2.28. The van der Waals surface area contributed by atoms with E-state index in [2.05, 4.69) is 9.62 Å². The Hall–Kier alpha value is -1.90. The van der Waals surface area contributed by atoms with Gasteiger partial charge in [-0.05, 0) is 67.4 Å². The zero-order chi connectivity index (χ0) is 21.7. The van der Waals surface area contributed by atoms with E-state index in [1.165, 1.54) is 50.0 Å². The molecule has 2 aromatic rings. The number of anilines is 1. The van der Waals surface area contributed by atoms with E-state index in [-0.39, 0.29) is 10.1 Å². The molecule has 1 aromatic carbocycles. The smallest absolute Gasteiger partial charge is 0.271 e. The molecule has 2 aliphatic rings. The van der Waals surface area contributed by atoms with Crippen molar-refractivity contribution < 1.29 is 13.2 Å². The summed E-state index contributed by atoms with van der Waals surface area (Å²) in [6.45, 7) is 4.68. The average molecular weight is 462 g/mol. The fraction of sp³-hybridized carbons (Fsp3) is 0.522. The molecule has 31 heavy (non-hydrogen) atoms. The number of carbonyl (C=O) groups excluding carboxylic acids is 1. The standard InChI is InChI=1S/C23H31N3O3S2/c27-23(26-14-5-13-25(15-16-26)18-19-6-2-1-3-7-19)20-9-11-21(12-10-20)24-31(28,29)22-8-4-17-30-22/h4,8-12,17,19,24H,1-3,5-7,13-16,18H2. The van der Waals surface area contributed by atoms with Crippen LogP contribution in [-0.2, 0) is 10.0 Å². The summed E-state index contributed by atoms with van der Waals surface area (Å²) < 4.78 is 27.6. The van der Waals surface area contributed by atoms with E-state index < -0.39 is 10.0 Å². The van der Waals surface area contributed by atoms with Crippen molar-refractivity contribution >= 4 is 33.0 Å². The van der Waals surface area contributed by atoms with Gasteiger partial charge in [-0.3, -0.25) is 9.52 Å². The zero-order valence-corrected chi connectivity index (χ0v) is 19.5. The molecule has 1 aliphatic carbocycles. The van der Waals surface area contributed by atoms with Gasteiger partial charge >= 0.3 is 0 Å². The van der Waals surface area contributed by atoms with Crippen molar-refractivity contribution in [3.63, 3.8) is 0 Å². The van der Waals surface area contributed by atoms with Gasteiger partial charge in [0.25, 0.3) is 15.9 Å². The van der Waals surface area contributed by atoms with Gasteiger partial charge in [-0.2, -0.15) is 0 Å². The second kappa shape index (κ2) is 10.1. The number of hydrogen-bond donors (Lipinski definition) is 1. The molecule has 2 heterocycles. The molecule has 0 unspecified atom stereocenters. The molecule has 1 amide bonds. The molecule has 1 aromatic heterocycles. The van der Waals surface area contributed by atoms with E-state index in [9.17, 15) is 13.2 Å². The van der Waals surface area contributed by atoms with Crippen LogP contribution in [0.4, 0.5) is 5.69 Å². The van der Waals surface area contributed by atoms with Gasteiger partial charge in [-0.1, -0.05) is 25.3 Å². The highest BCUT2D eigenvalue weighted by Crippen LogP contribution is 2.25. The molecule has 4 rings (SSSR count). The third-order valence-electron chi connectivity index (χ3n) is 6.26. The van der Waals surface area contributed by atoms with Gasteiger partial charge in [0.1, 0.15) is 4.21 Å². The molecule has 0 atom stereocenters. The maximum Gasteiger partial charge on any atom is 0.271 e. The highest BCUT2D eigenvalue weighted by Gasteiger charge is 2.23. The summed E-state index contributed by atoms with van der Waals surface area (Å²) in [6, 6.07) is 10.0. The Kier molecular flexibility index (Phi) is 7.30. The van der Waals surface area contributed by atoms with E-state index in [1.807, 2.05) is 4.90 Å². The van der Waals surface area contributed by atoms with Crippen LogP contribution in [-0.4, -0.2) is 56.8 Å². The highest BCUT2D eigenvalue weighted by atomic mass is 32.2. The summed E-state index contributed by atoms with van der Waals surface area (Å²) in [5, 5.41) is 1.73. The summed E-state index contributed by atoms with van der Waals surface area (Å²) >= 11 is 1.17. The largest absolute Gasteiger partial charge is 0.337 e. The Labute approximate surface area is 189 Å². The Bertz CT molecular complexity index is 952. The minimum atomic E-state index is -3.58. The molecule has 8 heteroatoms. The fourth-order valence-electron chi connectivity index (χ4n) is 4.58. The van der Waals surface area contributed by atoms with Gasteiger partial charge in [-0.15, -0.1) is 11.3 Å². The molecule has 0 bridgehead atoms. The SMILES string of the molecule is O=C(c1ccc(NS(=O)(=O)c2cccs2)cc1)N1CCCN(CC2CCCCC2)CC1. The highest BCUT2D eigenvalue weighted by molar-refractivity contribution is 7.94. The van der Waals surface area contributed by atoms with E-state index in [0.717, 1.165) is 38.5 Å². The minimum absolute atomic E-state index is 0.0205. The van der Waals surface area contributed by atoms with Gasteiger partial charge < -0.3 is 9.80 Å². The molecular formula is C23H31N3O3S2. The van der Waals surface area contributed by atoms with Crippen LogP contribution in [0.3, 0.4) is 0 Å². The zero-order valence-electron chi connectivity index (χ0n) is 17.8. The lowest BCUT2D eigenvalue weighted by molar-refractivity contribution is 0.0760. The number of thiophene rings is 1. The topological polar surface area (TPSA) is 69.7 Å². The quantitative estimate of drug-likeness (QED) is 0.697. The Morgan fingerprint density at radius 2 is 1.74 bits per heavy atom. The molecule has 0 spiro atoms. The van der Waals surface area contributed by atoms with Gasteiger partial charge in [0.15, 0.2) is 0 Å². The number of sulfonamides is 1. The van der Waals surface area contributed by atoms with Crippen molar-refractivity contribution in [1.82, 2.24) is 9.80 Å². The monoisotopic (exact) mass is 461 g/mol. The third-order valence-corrected chi connectivity index (χ3v) is 9.04. The van der Waals surface area contributed by atoms with Gasteiger partial charge in [-0.25, -0.2) is 8.42 Å². The normalized spacial score (nSPS) is 19.2. The Morgan fingerprint density at radius 1 is 0.968 bits per heavy atom. The molecule has 2 fully saturated rings. The lowest BCUT2D eigenvalue weighted by atomic mass is 9.89. The number of nitrogens with one attached hydrogen (secondary N) is 1. The predicted octanol–water partition coefficient (Wildman–Crippen LogP) is 4.28. The van der Waals surface area contributed by atoms with E-state index in [4.69, 9.17) is 0 Å². The van der Waals surface area contributed by atoms with Crippen LogP contribution in [0.2, 0.25) is 0 Å². The van der Waals surface area contributed by atoms with Crippen LogP contribution in [0.5, 0.6) is 0 Å². The number of nitrogens with zero attached hydrogens (tertiary/aromatic N) is 2. The van der Waals surface area contributed by atoms with Crippen molar-refractivity contribution in [3.05, 3.63) is 47.3 Å². The number of benzene rings is 1. The van der Waals surface area contributed by atoms with Crippen molar-refractivity contribution in [1.29, 1.82) is 0 Å². The molecule has 1 aliphatic heterocycles. The van der Waals surface area contributed by atoms with E-state index >= 15 is 0 Å². The van der Waals surface area contributed by atoms with Crippen LogP contribution in [0.25, 0.3) is 0 Å². The van der Waals surface area contributed by atoms with Crippen LogP contribution in [0.1, 0.15) is 48.9 Å². The van der Waals surface area contributed by atoms with Gasteiger partial charge in [0.2, 0.25) is 0 Å². The first-order valence-corrected chi connectivity index (χ1v) is 13.6. The first-order valence-electron chi connectivity index (χ1n) is 11.2. The van der Waals surface area contributed by atoms with E-state index in [0.29, 0.717) is 11.3 Å². The van der Waals surface area contributed by atoms with E-state index in [1.54, 1.807) is 41.8 Å². The van der Waals surface area contributed by atoms with Crippen LogP contribution >= 0.6 is 11.3 Å². The molecule has 1 saturated heterocycles. The number of rotatable bonds is 6.